The first-order valence-electron chi connectivity index (χ1n) is 15.2. The summed E-state index contributed by atoms with van der Waals surface area (Å²) in [4.78, 5) is 19.9. The van der Waals surface area contributed by atoms with Gasteiger partial charge in [0.15, 0.2) is 6.10 Å². The standard InChI is InChI=1S/C36H42FN3O5/c1-8-16-44-36(7)12-14-39(15-13-36)33-30(32(34(42)43)45-35(4,5)6)23(3)19-29-38-27(21-40(29)33)24-10-9-11-25(20-24)31-26(37)17-22(2)18-28(31)41/h8-11,17-21,32,41H,1,12-16H2,2-7H3,(H,42,43). The molecule has 2 aromatic heterocycles. The van der Waals surface area contributed by atoms with Crippen molar-refractivity contribution in [1.29, 1.82) is 0 Å². The molecule has 5 rings (SSSR count). The Morgan fingerprint density at radius 2 is 1.84 bits per heavy atom. The Hall–Kier alpha value is -4.21. The summed E-state index contributed by atoms with van der Waals surface area (Å²) in [5, 5.41) is 21.0. The van der Waals surface area contributed by atoms with Crippen molar-refractivity contribution in [2.24, 2.45) is 0 Å². The fourth-order valence-electron chi connectivity index (χ4n) is 6.06. The number of phenolic OH excluding ortho intramolecular Hbond substituents is 1. The zero-order valence-electron chi connectivity index (χ0n) is 26.9. The number of benzene rings is 2. The molecule has 1 unspecified atom stereocenters. The number of aryl methyl sites for hydroxylation is 2. The summed E-state index contributed by atoms with van der Waals surface area (Å²) in [6.07, 6.45) is 3.90. The number of carbonyl (C=O) groups is 1. The van der Waals surface area contributed by atoms with Crippen LogP contribution in [0.15, 0.2) is 61.3 Å². The van der Waals surface area contributed by atoms with Crippen LogP contribution >= 0.6 is 0 Å². The quantitative estimate of drug-likeness (QED) is 0.187. The topological polar surface area (TPSA) is 96.5 Å². The number of rotatable bonds is 9. The Kier molecular flexibility index (Phi) is 8.79. The van der Waals surface area contributed by atoms with Crippen LogP contribution in [0, 0.1) is 19.7 Å². The summed E-state index contributed by atoms with van der Waals surface area (Å²) >= 11 is 0. The van der Waals surface area contributed by atoms with Crippen LogP contribution < -0.4 is 4.90 Å². The van der Waals surface area contributed by atoms with Gasteiger partial charge in [0.2, 0.25) is 0 Å². The number of phenols is 1. The number of hydrogen-bond acceptors (Lipinski definition) is 6. The van der Waals surface area contributed by atoms with Crippen molar-refractivity contribution in [3.05, 3.63) is 83.8 Å². The van der Waals surface area contributed by atoms with Crippen LogP contribution in [-0.2, 0) is 14.3 Å². The molecule has 1 fully saturated rings. The van der Waals surface area contributed by atoms with Gasteiger partial charge < -0.3 is 24.6 Å². The van der Waals surface area contributed by atoms with Crippen LogP contribution in [0.5, 0.6) is 5.75 Å². The van der Waals surface area contributed by atoms with Gasteiger partial charge in [-0.1, -0.05) is 24.3 Å². The van der Waals surface area contributed by atoms with Crippen LogP contribution in [0.2, 0.25) is 0 Å². The summed E-state index contributed by atoms with van der Waals surface area (Å²) in [7, 11) is 0. The molecule has 0 amide bonds. The highest BCUT2D eigenvalue weighted by Gasteiger charge is 2.37. The molecular formula is C36H42FN3O5. The molecule has 9 heteroatoms. The first-order valence-corrected chi connectivity index (χ1v) is 15.2. The van der Waals surface area contributed by atoms with Crippen molar-refractivity contribution in [2.75, 3.05) is 24.6 Å². The molecule has 1 aliphatic rings. The number of fused-ring (bicyclic) bond motifs is 1. The molecule has 8 nitrogen and oxygen atoms in total. The lowest BCUT2D eigenvalue weighted by Crippen LogP contribution is -2.45. The normalized spacial score (nSPS) is 15.8. The average molecular weight is 616 g/mol. The maximum absolute atomic E-state index is 15.0. The molecule has 1 saturated heterocycles. The number of hydrogen-bond donors (Lipinski definition) is 2. The van der Waals surface area contributed by atoms with Crippen LogP contribution in [0.3, 0.4) is 0 Å². The number of carboxylic acids is 1. The lowest BCUT2D eigenvalue weighted by Gasteiger charge is -2.41. The first-order chi connectivity index (χ1) is 21.2. The summed E-state index contributed by atoms with van der Waals surface area (Å²) in [5.41, 5.74) is 3.58. The molecule has 0 spiro atoms. The second kappa shape index (κ2) is 12.3. The number of anilines is 1. The molecule has 0 radical (unpaired) electrons. The number of ether oxygens (including phenoxy) is 2. The Balaban J connectivity index is 1.66. The van der Waals surface area contributed by atoms with Gasteiger partial charge in [-0.2, -0.15) is 0 Å². The van der Waals surface area contributed by atoms with Crippen molar-refractivity contribution in [1.82, 2.24) is 9.38 Å². The highest BCUT2D eigenvalue weighted by Crippen LogP contribution is 2.40. The van der Waals surface area contributed by atoms with Crippen molar-refractivity contribution < 1.29 is 28.9 Å². The third kappa shape index (κ3) is 6.74. The number of aliphatic carboxylic acids is 1. The van der Waals surface area contributed by atoms with Gasteiger partial charge in [0.1, 0.15) is 23.0 Å². The highest BCUT2D eigenvalue weighted by atomic mass is 19.1. The van der Waals surface area contributed by atoms with E-state index in [2.05, 4.69) is 18.4 Å². The zero-order chi connectivity index (χ0) is 32.7. The van der Waals surface area contributed by atoms with Gasteiger partial charge in [-0.15, -0.1) is 6.58 Å². The van der Waals surface area contributed by atoms with Gasteiger partial charge in [0, 0.05) is 30.4 Å². The number of nitrogens with zero attached hydrogens (tertiary/aromatic N) is 3. The average Bonchev–Trinajstić information content (AvgIpc) is 3.38. The molecule has 0 aliphatic carbocycles. The Bertz CT molecular complexity index is 1720. The van der Waals surface area contributed by atoms with Gasteiger partial charge in [-0.05, 0) is 95.3 Å². The predicted octanol–water partition coefficient (Wildman–Crippen LogP) is 7.63. The van der Waals surface area contributed by atoms with E-state index in [1.165, 1.54) is 12.1 Å². The van der Waals surface area contributed by atoms with Crippen LogP contribution in [0.25, 0.3) is 28.0 Å². The Labute approximate surface area is 263 Å². The molecule has 238 valence electrons. The minimum absolute atomic E-state index is 0.128. The van der Waals surface area contributed by atoms with Gasteiger partial charge in [-0.3, -0.25) is 4.40 Å². The van der Waals surface area contributed by atoms with Crippen molar-refractivity contribution >= 4 is 17.4 Å². The summed E-state index contributed by atoms with van der Waals surface area (Å²) < 4.78 is 29.2. The molecule has 4 aromatic rings. The summed E-state index contributed by atoms with van der Waals surface area (Å²) in [6.45, 7) is 16.8. The molecule has 45 heavy (non-hydrogen) atoms. The van der Waals surface area contributed by atoms with E-state index in [1.54, 1.807) is 31.2 Å². The number of imidazole rings is 1. The van der Waals surface area contributed by atoms with Gasteiger partial charge in [0.05, 0.1) is 29.1 Å². The van der Waals surface area contributed by atoms with E-state index in [-0.39, 0.29) is 16.9 Å². The van der Waals surface area contributed by atoms with Gasteiger partial charge >= 0.3 is 5.97 Å². The van der Waals surface area contributed by atoms with E-state index < -0.39 is 23.5 Å². The van der Waals surface area contributed by atoms with Gasteiger partial charge in [-0.25, -0.2) is 14.2 Å². The number of carboxylic acid groups (broad SMARTS) is 1. The van der Waals surface area contributed by atoms with Crippen molar-refractivity contribution in [2.45, 2.75) is 71.7 Å². The third-order valence-electron chi connectivity index (χ3n) is 8.26. The van der Waals surface area contributed by atoms with E-state index in [0.29, 0.717) is 53.5 Å². The van der Waals surface area contributed by atoms with Crippen LogP contribution in [0.4, 0.5) is 10.2 Å². The predicted molar refractivity (Wildman–Crippen MR) is 174 cm³/mol. The SMILES string of the molecule is C=CCOC1(C)CCN(c2c(C(OC(C)(C)C)C(=O)O)c(C)cc3nc(-c4cccc(-c5c(O)cc(C)cc5F)c4)cn23)CC1. The Morgan fingerprint density at radius 1 is 1.16 bits per heavy atom. The van der Waals surface area contributed by atoms with E-state index in [4.69, 9.17) is 14.5 Å². The molecule has 1 atom stereocenters. The third-order valence-corrected chi connectivity index (χ3v) is 8.26. The van der Waals surface area contributed by atoms with Crippen LogP contribution in [0.1, 0.15) is 63.3 Å². The van der Waals surface area contributed by atoms with E-state index in [0.717, 1.165) is 24.0 Å². The van der Waals surface area contributed by atoms with E-state index in [9.17, 15) is 19.4 Å². The van der Waals surface area contributed by atoms with E-state index >= 15 is 0 Å². The number of pyridine rings is 1. The first kappa shape index (κ1) is 32.2. The van der Waals surface area contributed by atoms with Crippen molar-refractivity contribution in [3.8, 4) is 28.1 Å². The zero-order valence-corrected chi connectivity index (χ0v) is 26.9. The maximum atomic E-state index is 15.0. The molecule has 3 heterocycles. The molecule has 2 N–H and O–H groups in total. The number of aromatic hydroxyl groups is 1. The monoisotopic (exact) mass is 615 g/mol. The lowest BCUT2D eigenvalue weighted by molar-refractivity contribution is -0.160. The van der Waals surface area contributed by atoms with Crippen LogP contribution in [-0.4, -0.2) is 56.5 Å². The number of halogens is 1. The second-order valence-electron chi connectivity index (χ2n) is 13.1. The lowest BCUT2D eigenvalue weighted by atomic mass is 9.92. The Morgan fingerprint density at radius 3 is 2.47 bits per heavy atom. The number of aromatic nitrogens is 2. The smallest absolute Gasteiger partial charge is 0.337 e. The molecule has 1 aliphatic heterocycles. The van der Waals surface area contributed by atoms with Gasteiger partial charge in [0.25, 0.3) is 0 Å². The second-order valence-corrected chi connectivity index (χ2v) is 13.1. The fourth-order valence-corrected chi connectivity index (χ4v) is 6.06. The number of piperidine rings is 1. The molecular weight excluding hydrogens is 573 g/mol. The fraction of sp³-hybridized carbons (Fsp3) is 0.389. The summed E-state index contributed by atoms with van der Waals surface area (Å²) in [6, 6.07) is 12.0. The summed E-state index contributed by atoms with van der Waals surface area (Å²) in [5.74, 6) is -0.993. The molecule has 2 aromatic carbocycles. The molecule has 0 saturated carbocycles. The highest BCUT2D eigenvalue weighted by molar-refractivity contribution is 5.80. The minimum atomic E-state index is -1.21. The largest absolute Gasteiger partial charge is 0.507 e. The molecule has 0 bridgehead atoms. The van der Waals surface area contributed by atoms with Crippen molar-refractivity contribution in [3.63, 3.8) is 0 Å². The maximum Gasteiger partial charge on any atom is 0.337 e. The minimum Gasteiger partial charge on any atom is -0.507 e. The van der Waals surface area contributed by atoms with E-state index in [1.807, 2.05) is 50.4 Å².